The number of furan rings is 1. The van der Waals surface area contributed by atoms with E-state index in [1.54, 1.807) is 12.1 Å². The highest BCUT2D eigenvalue weighted by Gasteiger charge is 2.24. The summed E-state index contributed by atoms with van der Waals surface area (Å²) in [6.07, 6.45) is 1.05. The van der Waals surface area contributed by atoms with Crippen molar-refractivity contribution in [1.82, 2.24) is 0 Å². The van der Waals surface area contributed by atoms with Crippen molar-refractivity contribution in [2.75, 3.05) is 0 Å². The molecule has 0 aliphatic heterocycles. The number of non-ortho nitro benzene ring substituents is 1. The molecule has 0 N–H and O–H groups in total. The fraction of sp³-hybridized carbons (Fsp3) is 0. The van der Waals surface area contributed by atoms with Gasteiger partial charge >= 0.3 is 0 Å². The van der Waals surface area contributed by atoms with E-state index in [9.17, 15) is 23.8 Å². The summed E-state index contributed by atoms with van der Waals surface area (Å²) in [4.78, 5) is 9.48. The van der Waals surface area contributed by atoms with Crippen molar-refractivity contribution in [1.29, 1.82) is 5.26 Å². The molecule has 0 radical (unpaired) electrons. The minimum atomic E-state index is -4.24. The molecule has 0 atom stereocenters. The largest absolute Gasteiger partial charge is 0.457 e. The van der Waals surface area contributed by atoms with Crippen LogP contribution < -0.4 is 0 Å². The van der Waals surface area contributed by atoms with Crippen molar-refractivity contribution in [3.8, 4) is 17.4 Å². The van der Waals surface area contributed by atoms with Crippen molar-refractivity contribution in [2.24, 2.45) is 0 Å². The van der Waals surface area contributed by atoms with Crippen LogP contribution >= 0.6 is 23.2 Å². The second kappa shape index (κ2) is 8.09. The molecule has 0 aliphatic carbocycles. The van der Waals surface area contributed by atoms with Gasteiger partial charge in [0.25, 0.3) is 5.69 Å². The highest BCUT2D eigenvalue weighted by Crippen LogP contribution is 2.31. The summed E-state index contributed by atoms with van der Waals surface area (Å²) in [6, 6.07) is 14.2. The minimum Gasteiger partial charge on any atom is -0.457 e. The summed E-state index contributed by atoms with van der Waals surface area (Å²) in [5.74, 6) is 0.347. The summed E-state index contributed by atoms with van der Waals surface area (Å²) in [7, 11) is -4.24. The minimum absolute atomic E-state index is 0.0739. The number of halogens is 2. The van der Waals surface area contributed by atoms with Crippen LogP contribution in [0.25, 0.3) is 17.4 Å². The normalized spacial score (nSPS) is 11.8. The highest BCUT2D eigenvalue weighted by atomic mass is 35.5. The molecule has 0 spiro atoms. The zero-order valence-electron chi connectivity index (χ0n) is 14.4. The summed E-state index contributed by atoms with van der Waals surface area (Å²) in [6.45, 7) is 0. The highest BCUT2D eigenvalue weighted by molar-refractivity contribution is 7.95. The van der Waals surface area contributed by atoms with Crippen LogP contribution in [-0.4, -0.2) is 13.3 Å². The van der Waals surface area contributed by atoms with Crippen LogP contribution in [0.15, 0.2) is 68.8 Å². The molecule has 0 aliphatic rings. The Kier molecular flexibility index (Phi) is 5.75. The van der Waals surface area contributed by atoms with E-state index in [0.717, 1.165) is 12.1 Å². The monoisotopic (exact) mass is 448 g/mol. The third kappa shape index (κ3) is 4.32. The molecule has 10 heteroatoms. The molecule has 7 nitrogen and oxygen atoms in total. The van der Waals surface area contributed by atoms with Gasteiger partial charge in [0.2, 0.25) is 9.84 Å². The molecule has 3 rings (SSSR count). The lowest BCUT2D eigenvalue weighted by Gasteiger charge is -2.05. The number of hydrogen-bond acceptors (Lipinski definition) is 6. The molecule has 0 fully saturated rings. The van der Waals surface area contributed by atoms with Gasteiger partial charge in [-0.3, -0.25) is 10.1 Å². The molecule has 0 saturated heterocycles. The van der Waals surface area contributed by atoms with Crippen molar-refractivity contribution < 1.29 is 17.8 Å². The standard InChI is InChI=1S/C19H10Cl2N2O5S/c20-13-4-6-17(21)19(9-13)29(26,27)16(11-22)10-15-5-7-18(28-15)12-2-1-3-14(8-12)23(24)25/h1-10H/b16-10-. The second-order valence-electron chi connectivity index (χ2n) is 5.71. The summed E-state index contributed by atoms with van der Waals surface area (Å²) in [5.41, 5.74) is 0.310. The Morgan fingerprint density at radius 3 is 2.59 bits per heavy atom. The van der Waals surface area contributed by atoms with E-state index in [-0.39, 0.29) is 32.1 Å². The molecule has 0 bridgehead atoms. The molecule has 29 heavy (non-hydrogen) atoms. The second-order valence-corrected chi connectivity index (χ2v) is 8.44. The van der Waals surface area contributed by atoms with E-state index in [1.165, 1.54) is 42.5 Å². The van der Waals surface area contributed by atoms with Gasteiger partial charge in [0.05, 0.1) is 14.8 Å². The summed E-state index contributed by atoms with van der Waals surface area (Å²) < 4.78 is 31.1. The number of nitro groups is 1. The van der Waals surface area contributed by atoms with Gasteiger partial charge in [-0.2, -0.15) is 5.26 Å². The first-order chi connectivity index (χ1) is 13.7. The van der Waals surface area contributed by atoms with Crippen LogP contribution in [0.3, 0.4) is 0 Å². The number of benzene rings is 2. The fourth-order valence-electron chi connectivity index (χ4n) is 2.46. The first-order valence-corrected chi connectivity index (χ1v) is 10.1. The van der Waals surface area contributed by atoms with Crippen molar-refractivity contribution in [3.63, 3.8) is 0 Å². The molecule has 0 unspecified atom stereocenters. The van der Waals surface area contributed by atoms with Crippen molar-refractivity contribution in [3.05, 3.63) is 85.4 Å². The molecule has 0 saturated carbocycles. The first kappa shape index (κ1) is 20.6. The topological polar surface area (TPSA) is 114 Å². The maximum atomic E-state index is 12.8. The van der Waals surface area contributed by atoms with Gasteiger partial charge in [0.1, 0.15) is 17.6 Å². The van der Waals surface area contributed by atoms with Crippen LogP contribution in [0.2, 0.25) is 10.0 Å². The predicted octanol–water partition coefficient (Wildman–Crippen LogP) is 5.50. The van der Waals surface area contributed by atoms with E-state index < -0.39 is 19.7 Å². The molecule has 1 heterocycles. The molecule has 3 aromatic rings. The van der Waals surface area contributed by atoms with Gasteiger partial charge in [-0.25, -0.2) is 8.42 Å². The number of hydrogen-bond donors (Lipinski definition) is 0. The zero-order chi connectivity index (χ0) is 21.2. The third-order valence-electron chi connectivity index (χ3n) is 3.82. The molecular formula is C19H10Cl2N2O5S. The zero-order valence-corrected chi connectivity index (χ0v) is 16.7. The Labute approximate surface area is 175 Å². The lowest BCUT2D eigenvalue weighted by Crippen LogP contribution is -2.04. The maximum absolute atomic E-state index is 12.8. The van der Waals surface area contributed by atoms with Crippen LogP contribution in [-0.2, 0) is 9.84 Å². The van der Waals surface area contributed by atoms with Crippen LogP contribution in [0.5, 0.6) is 0 Å². The molecule has 2 aromatic carbocycles. The molecule has 1 aromatic heterocycles. The van der Waals surface area contributed by atoms with Crippen LogP contribution in [0.4, 0.5) is 5.69 Å². The fourth-order valence-corrected chi connectivity index (χ4v) is 4.35. The Morgan fingerprint density at radius 1 is 1.14 bits per heavy atom. The number of allylic oxidation sites excluding steroid dienone is 1. The molecule has 146 valence electrons. The van der Waals surface area contributed by atoms with E-state index in [1.807, 2.05) is 0 Å². The lowest BCUT2D eigenvalue weighted by atomic mass is 10.1. The number of rotatable bonds is 5. The lowest BCUT2D eigenvalue weighted by molar-refractivity contribution is -0.384. The molecule has 0 amide bonds. The van der Waals surface area contributed by atoms with Gasteiger partial charge in [0, 0.05) is 28.8 Å². The van der Waals surface area contributed by atoms with Gasteiger partial charge in [-0.1, -0.05) is 35.3 Å². The Bertz CT molecular complexity index is 1290. The number of nitrogens with zero attached hydrogens (tertiary/aromatic N) is 2. The number of nitro benzene ring substituents is 1. The Balaban J connectivity index is 2.01. The number of sulfone groups is 1. The Hall–Kier alpha value is -3.12. The average Bonchev–Trinajstić information content (AvgIpc) is 3.16. The van der Waals surface area contributed by atoms with Gasteiger partial charge < -0.3 is 4.42 Å². The smallest absolute Gasteiger partial charge is 0.270 e. The summed E-state index contributed by atoms with van der Waals surface area (Å²) >= 11 is 11.8. The van der Waals surface area contributed by atoms with Gasteiger partial charge in [-0.15, -0.1) is 0 Å². The SMILES string of the molecule is N#C/C(=C/c1ccc(-c2cccc([N+](=O)[O-])c2)o1)S(=O)(=O)c1cc(Cl)ccc1Cl. The maximum Gasteiger partial charge on any atom is 0.270 e. The van der Waals surface area contributed by atoms with Crippen LogP contribution in [0, 0.1) is 21.4 Å². The quantitative estimate of drug-likeness (QED) is 0.289. The van der Waals surface area contributed by atoms with Crippen LogP contribution in [0.1, 0.15) is 5.76 Å². The molecular weight excluding hydrogens is 439 g/mol. The van der Waals surface area contributed by atoms with Crippen molar-refractivity contribution >= 4 is 44.8 Å². The predicted molar refractivity (Wildman–Crippen MR) is 108 cm³/mol. The van der Waals surface area contributed by atoms with E-state index >= 15 is 0 Å². The van der Waals surface area contributed by atoms with Gasteiger partial charge in [0.15, 0.2) is 4.91 Å². The van der Waals surface area contributed by atoms with E-state index in [0.29, 0.717) is 5.56 Å². The van der Waals surface area contributed by atoms with E-state index in [2.05, 4.69) is 0 Å². The average molecular weight is 449 g/mol. The van der Waals surface area contributed by atoms with E-state index in [4.69, 9.17) is 27.6 Å². The summed E-state index contributed by atoms with van der Waals surface area (Å²) in [5, 5.41) is 20.4. The Morgan fingerprint density at radius 2 is 1.90 bits per heavy atom. The van der Waals surface area contributed by atoms with Gasteiger partial charge in [-0.05, 0) is 30.3 Å². The first-order valence-electron chi connectivity index (χ1n) is 7.89. The third-order valence-corrected chi connectivity index (χ3v) is 6.21. The van der Waals surface area contributed by atoms with Crippen molar-refractivity contribution in [2.45, 2.75) is 4.90 Å². The number of nitriles is 1.